The van der Waals surface area contributed by atoms with Crippen LogP contribution >= 0.6 is 0 Å². The fourth-order valence-corrected chi connectivity index (χ4v) is 3.58. The van der Waals surface area contributed by atoms with E-state index in [1.807, 2.05) is 9.80 Å². The van der Waals surface area contributed by atoms with E-state index in [1.54, 1.807) is 0 Å². The SMILES string of the molecule is NCCCC(=O)N1CCN(C(=O)CCC2CCCCC2)CC1. The van der Waals surface area contributed by atoms with Gasteiger partial charge in [0.15, 0.2) is 0 Å². The zero-order valence-corrected chi connectivity index (χ0v) is 13.8. The van der Waals surface area contributed by atoms with Crippen molar-refractivity contribution in [2.45, 2.75) is 57.8 Å². The molecule has 2 N–H and O–H groups in total. The average Bonchev–Trinajstić information content (AvgIpc) is 2.58. The molecule has 0 bridgehead atoms. The maximum Gasteiger partial charge on any atom is 0.222 e. The Labute approximate surface area is 134 Å². The largest absolute Gasteiger partial charge is 0.339 e. The van der Waals surface area contributed by atoms with Gasteiger partial charge in [0, 0.05) is 39.0 Å². The predicted molar refractivity (Wildman–Crippen MR) is 87.3 cm³/mol. The first-order chi connectivity index (χ1) is 10.7. The summed E-state index contributed by atoms with van der Waals surface area (Å²) < 4.78 is 0. The molecule has 0 unspecified atom stereocenters. The lowest BCUT2D eigenvalue weighted by Crippen LogP contribution is -2.50. The summed E-state index contributed by atoms with van der Waals surface area (Å²) in [7, 11) is 0. The lowest BCUT2D eigenvalue weighted by molar-refractivity contribution is -0.139. The van der Waals surface area contributed by atoms with Gasteiger partial charge in [-0.1, -0.05) is 32.1 Å². The van der Waals surface area contributed by atoms with Crippen LogP contribution < -0.4 is 5.73 Å². The van der Waals surface area contributed by atoms with Crippen LogP contribution in [0.5, 0.6) is 0 Å². The van der Waals surface area contributed by atoms with E-state index in [-0.39, 0.29) is 11.8 Å². The molecular formula is C17H31N3O2. The van der Waals surface area contributed by atoms with Gasteiger partial charge in [-0.05, 0) is 25.3 Å². The summed E-state index contributed by atoms with van der Waals surface area (Å²) in [6.07, 6.45) is 9.66. The summed E-state index contributed by atoms with van der Waals surface area (Å²) in [6.45, 7) is 3.30. The minimum absolute atomic E-state index is 0.180. The van der Waals surface area contributed by atoms with Crippen molar-refractivity contribution in [1.29, 1.82) is 0 Å². The molecule has 2 fully saturated rings. The van der Waals surface area contributed by atoms with Crippen LogP contribution in [0.1, 0.15) is 57.8 Å². The van der Waals surface area contributed by atoms with Gasteiger partial charge in [-0.15, -0.1) is 0 Å². The molecule has 1 aliphatic carbocycles. The fraction of sp³-hybridized carbons (Fsp3) is 0.882. The Hall–Kier alpha value is -1.10. The van der Waals surface area contributed by atoms with Crippen LogP contribution in [-0.4, -0.2) is 54.3 Å². The van der Waals surface area contributed by atoms with E-state index in [9.17, 15) is 9.59 Å². The number of amides is 2. The number of rotatable bonds is 6. The van der Waals surface area contributed by atoms with E-state index < -0.39 is 0 Å². The summed E-state index contributed by atoms with van der Waals surface area (Å²) in [6, 6.07) is 0. The molecule has 1 aliphatic heterocycles. The zero-order chi connectivity index (χ0) is 15.8. The standard InChI is InChI=1S/C17H31N3O2/c18-10-4-7-16(21)19-11-13-20(14-12-19)17(22)9-8-15-5-2-1-3-6-15/h15H,1-14,18H2. The molecule has 0 aromatic heterocycles. The minimum atomic E-state index is 0.180. The Morgan fingerprint density at radius 1 is 0.864 bits per heavy atom. The highest BCUT2D eigenvalue weighted by Gasteiger charge is 2.24. The quantitative estimate of drug-likeness (QED) is 0.813. The zero-order valence-electron chi connectivity index (χ0n) is 13.8. The van der Waals surface area contributed by atoms with Crippen LogP contribution in [0.2, 0.25) is 0 Å². The van der Waals surface area contributed by atoms with Crippen LogP contribution in [0.15, 0.2) is 0 Å². The van der Waals surface area contributed by atoms with Crippen molar-refractivity contribution in [1.82, 2.24) is 9.80 Å². The van der Waals surface area contributed by atoms with E-state index in [4.69, 9.17) is 5.73 Å². The second-order valence-corrected chi connectivity index (χ2v) is 6.70. The Morgan fingerprint density at radius 3 is 1.95 bits per heavy atom. The maximum atomic E-state index is 12.3. The van der Waals surface area contributed by atoms with Crippen LogP contribution in [-0.2, 0) is 9.59 Å². The van der Waals surface area contributed by atoms with Gasteiger partial charge >= 0.3 is 0 Å². The number of carbonyl (C=O) groups excluding carboxylic acids is 2. The summed E-state index contributed by atoms with van der Waals surface area (Å²) in [5.74, 6) is 1.22. The van der Waals surface area contributed by atoms with Crippen LogP contribution in [0, 0.1) is 5.92 Å². The third-order valence-corrected chi connectivity index (χ3v) is 5.07. The van der Waals surface area contributed by atoms with Crippen molar-refractivity contribution in [3.05, 3.63) is 0 Å². The van der Waals surface area contributed by atoms with E-state index in [1.165, 1.54) is 32.1 Å². The van der Waals surface area contributed by atoms with Gasteiger partial charge in [-0.2, -0.15) is 0 Å². The molecular weight excluding hydrogens is 278 g/mol. The molecule has 2 aliphatic rings. The fourth-order valence-electron chi connectivity index (χ4n) is 3.58. The molecule has 22 heavy (non-hydrogen) atoms. The molecule has 2 amide bonds. The first kappa shape index (κ1) is 17.3. The third kappa shape index (κ3) is 5.27. The Morgan fingerprint density at radius 2 is 1.41 bits per heavy atom. The monoisotopic (exact) mass is 309 g/mol. The molecule has 1 saturated carbocycles. The first-order valence-corrected chi connectivity index (χ1v) is 8.96. The van der Waals surface area contributed by atoms with Crippen LogP contribution in [0.3, 0.4) is 0 Å². The molecule has 126 valence electrons. The summed E-state index contributed by atoms with van der Waals surface area (Å²) in [5.41, 5.74) is 5.44. The molecule has 0 spiro atoms. The average molecular weight is 309 g/mol. The van der Waals surface area contributed by atoms with Gasteiger partial charge in [0.2, 0.25) is 11.8 Å². The minimum Gasteiger partial charge on any atom is -0.339 e. The number of nitrogens with zero attached hydrogens (tertiary/aromatic N) is 2. The van der Waals surface area contributed by atoms with E-state index in [2.05, 4.69) is 0 Å². The molecule has 0 aromatic rings. The van der Waals surface area contributed by atoms with E-state index in [0.717, 1.165) is 18.8 Å². The van der Waals surface area contributed by atoms with Crippen molar-refractivity contribution < 1.29 is 9.59 Å². The van der Waals surface area contributed by atoms with Gasteiger partial charge in [0.1, 0.15) is 0 Å². The summed E-state index contributed by atoms with van der Waals surface area (Å²) in [4.78, 5) is 28.0. The van der Waals surface area contributed by atoms with Gasteiger partial charge in [0.25, 0.3) is 0 Å². The highest BCUT2D eigenvalue weighted by Crippen LogP contribution is 2.27. The maximum absolute atomic E-state index is 12.3. The topological polar surface area (TPSA) is 66.6 Å². The van der Waals surface area contributed by atoms with Crippen molar-refractivity contribution >= 4 is 11.8 Å². The predicted octanol–water partition coefficient (Wildman–Crippen LogP) is 1.76. The van der Waals surface area contributed by atoms with E-state index >= 15 is 0 Å². The highest BCUT2D eigenvalue weighted by molar-refractivity contribution is 5.78. The van der Waals surface area contributed by atoms with Crippen molar-refractivity contribution in [3.63, 3.8) is 0 Å². The molecule has 0 radical (unpaired) electrons. The number of hydrogen-bond donors (Lipinski definition) is 1. The lowest BCUT2D eigenvalue weighted by atomic mass is 9.86. The summed E-state index contributed by atoms with van der Waals surface area (Å²) >= 11 is 0. The second-order valence-electron chi connectivity index (χ2n) is 6.70. The van der Waals surface area contributed by atoms with Crippen molar-refractivity contribution in [3.8, 4) is 0 Å². The number of hydrogen-bond acceptors (Lipinski definition) is 3. The molecule has 1 saturated heterocycles. The Bertz CT molecular complexity index is 359. The number of piperazine rings is 1. The summed E-state index contributed by atoms with van der Waals surface area (Å²) in [5, 5.41) is 0. The van der Waals surface area contributed by atoms with Gasteiger partial charge in [-0.3, -0.25) is 9.59 Å². The van der Waals surface area contributed by atoms with Gasteiger partial charge in [-0.25, -0.2) is 0 Å². The third-order valence-electron chi connectivity index (χ3n) is 5.07. The highest BCUT2D eigenvalue weighted by atomic mass is 16.2. The molecule has 1 heterocycles. The van der Waals surface area contributed by atoms with Crippen LogP contribution in [0.25, 0.3) is 0 Å². The molecule has 0 atom stereocenters. The van der Waals surface area contributed by atoms with Gasteiger partial charge < -0.3 is 15.5 Å². The van der Waals surface area contributed by atoms with E-state index in [0.29, 0.717) is 45.6 Å². The smallest absolute Gasteiger partial charge is 0.222 e. The molecule has 5 nitrogen and oxygen atoms in total. The van der Waals surface area contributed by atoms with Gasteiger partial charge in [0.05, 0.1) is 0 Å². The first-order valence-electron chi connectivity index (χ1n) is 8.96. The number of carbonyl (C=O) groups is 2. The number of nitrogens with two attached hydrogens (primary N) is 1. The second kappa shape index (κ2) is 9.13. The van der Waals surface area contributed by atoms with Crippen molar-refractivity contribution in [2.24, 2.45) is 11.7 Å². The normalized spacial score (nSPS) is 20.2. The lowest BCUT2D eigenvalue weighted by Gasteiger charge is -2.35. The Balaban J connectivity index is 1.65. The molecule has 0 aromatic carbocycles. The Kier molecular flexibility index (Phi) is 7.16. The molecule has 2 rings (SSSR count). The van der Waals surface area contributed by atoms with Crippen LogP contribution in [0.4, 0.5) is 0 Å². The molecule has 5 heteroatoms. The van der Waals surface area contributed by atoms with Crippen molar-refractivity contribution in [2.75, 3.05) is 32.7 Å².